The number of likely N-dealkylation sites (tertiary alicyclic amines) is 1. The maximum Gasteiger partial charge on any atom is 0.191 e. The molecule has 0 aliphatic carbocycles. The average Bonchev–Trinajstić information content (AvgIpc) is 3.18. The van der Waals surface area contributed by atoms with Gasteiger partial charge in [-0.25, -0.2) is 4.39 Å². The molecule has 0 unspecified atom stereocenters. The highest BCUT2D eigenvalue weighted by Gasteiger charge is 2.20. The summed E-state index contributed by atoms with van der Waals surface area (Å²) in [5.41, 5.74) is 1.16. The second kappa shape index (κ2) is 9.38. The minimum Gasteiger partial charge on any atom is -0.469 e. The van der Waals surface area contributed by atoms with Crippen molar-refractivity contribution < 1.29 is 8.81 Å². The lowest BCUT2D eigenvalue weighted by Gasteiger charge is -2.33. The highest BCUT2D eigenvalue weighted by atomic mass is 19.1. The molecule has 0 atom stereocenters. The van der Waals surface area contributed by atoms with Crippen LogP contribution in [0.25, 0.3) is 0 Å². The highest BCUT2D eigenvalue weighted by Crippen LogP contribution is 2.14. The van der Waals surface area contributed by atoms with Crippen molar-refractivity contribution in [1.29, 1.82) is 0 Å². The summed E-state index contributed by atoms with van der Waals surface area (Å²) in [4.78, 5) is 6.73. The van der Waals surface area contributed by atoms with Gasteiger partial charge in [0, 0.05) is 45.7 Å². The van der Waals surface area contributed by atoms with Gasteiger partial charge in [0.15, 0.2) is 5.96 Å². The number of nitrogens with zero attached hydrogens (tertiary/aromatic N) is 2. The van der Waals surface area contributed by atoms with E-state index in [-0.39, 0.29) is 5.82 Å². The first-order valence-corrected chi connectivity index (χ1v) is 9.19. The van der Waals surface area contributed by atoms with Crippen molar-refractivity contribution in [2.45, 2.75) is 31.8 Å². The third kappa shape index (κ3) is 5.59. The molecule has 1 aromatic heterocycles. The third-order valence-electron chi connectivity index (χ3n) is 4.72. The Hall–Kier alpha value is -2.34. The molecular formula is C20H27FN4O. The minimum atomic E-state index is -0.178. The van der Waals surface area contributed by atoms with Gasteiger partial charge in [0.25, 0.3) is 0 Å². The molecule has 26 heavy (non-hydrogen) atoms. The maximum absolute atomic E-state index is 13.0. The first kappa shape index (κ1) is 18.5. The van der Waals surface area contributed by atoms with Crippen molar-refractivity contribution in [2.75, 3.05) is 26.7 Å². The summed E-state index contributed by atoms with van der Waals surface area (Å²) in [6.07, 6.45) is 4.67. The fourth-order valence-corrected chi connectivity index (χ4v) is 3.23. The largest absolute Gasteiger partial charge is 0.469 e. The van der Waals surface area contributed by atoms with Crippen LogP contribution >= 0.6 is 0 Å². The summed E-state index contributed by atoms with van der Waals surface area (Å²) in [7, 11) is 1.80. The van der Waals surface area contributed by atoms with Crippen LogP contribution in [0.1, 0.15) is 24.2 Å². The Morgan fingerprint density at radius 1 is 1.23 bits per heavy atom. The number of rotatable bonds is 6. The van der Waals surface area contributed by atoms with E-state index >= 15 is 0 Å². The van der Waals surface area contributed by atoms with Gasteiger partial charge in [0.1, 0.15) is 11.6 Å². The van der Waals surface area contributed by atoms with Crippen molar-refractivity contribution in [3.63, 3.8) is 0 Å². The molecule has 2 heterocycles. The quantitative estimate of drug-likeness (QED) is 0.616. The van der Waals surface area contributed by atoms with Crippen LogP contribution in [0.3, 0.4) is 0 Å². The van der Waals surface area contributed by atoms with E-state index in [2.05, 4.69) is 20.5 Å². The number of benzene rings is 1. The molecule has 2 N–H and O–H groups in total. The van der Waals surface area contributed by atoms with Gasteiger partial charge in [-0.05, 0) is 42.7 Å². The van der Waals surface area contributed by atoms with Crippen molar-refractivity contribution in [3.05, 3.63) is 59.8 Å². The van der Waals surface area contributed by atoms with E-state index in [0.29, 0.717) is 6.04 Å². The van der Waals surface area contributed by atoms with Crippen molar-refractivity contribution in [2.24, 2.45) is 4.99 Å². The van der Waals surface area contributed by atoms with Gasteiger partial charge in [-0.3, -0.25) is 9.89 Å². The van der Waals surface area contributed by atoms with Gasteiger partial charge in [-0.2, -0.15) is 0 Å². The van der Waals surface area contributed by atoms with Crippen LogP contribution in [0.5, 0.6) is 0 Å². The summed E-state index contributed by atoms with van der Waals surface area (Å²) in [6, 6.07) is 11.1. The number of piperidine rings is 1. The van der Waals surface area contributed by atoms with Gasteiger partial charge in [-0.15, -0.1) is 0 Å². The molecule has 0 radical (unpaired) electrons. The van der Waals surface area contributed by atoms with Crippen molar-refractivity contribution in [3.8, 4) is 0 Å². The van der Waals surface area contributed by atoms with Crippen LogP contribution < -0.4 is 10.6 Å². The van der Waals surface area contributed by atoms with E-state index in [9.17, 15) is 4.39 Å². The predicted octanol–water partition coefficient (Wildman–Crippen LogP) is 2.79. The Bertz CT molecular complexity index is 676. The molecule has 1 aliphatic rings. The van der Waals surface area contributed by atoms with E-state index < -0.39 is 0 Å². The summed E-state index contributed by atoms with van der Waals surface area (Å²) in [6.45, 7) is 3.72. The molecule has 1 saturated heterocycles. The second-order valence-electron chi connectivity index (χ2n) is 6.65. The summed E-state index contributed by atoms with van der Waals surface area (Å²) in [5.74, 6) is 1.64. The average molecular weight is 358 g/mol. The topological polar surface area (TPSA) is 52.8 Å². The lowest BCUT2D eigenvalue weighted by molar-refractivity contribution is 0.198. The van der Waals surface area contributed by atoms with Crippen molar-refractivity contribution >= 4 is 5.96 Å². The van der Waals surface area contributed by atoms with E-state index in [1.807, 2.05) is 24.3 Å². The van der Waals surface area contributed by atoms with Crippen LogP contribution in [-0.2, 0) is 13.0 Å². The van der Waals surface area contributed by atoms with E-state index in [1.165, 1.54) is 12.1 Å². The molecular weight excluding hydrogens is 331 g/mol. The molecule has 0 amide bonds. The van der Waals surface area contributed by atoms with Gasteiger partial charge in [-0.1, -0.05) is 12.1 Å². The molecule has 0 saturated carbocycles. The molecule has 3 rings (SSSR count). The Labute approximate surface area is 154 Å². The zero-order chi connectivity index (χ0) is 18.2. The smallest absolute Gasteiger partial charge is 0.191 e. The Morgan fingerprint density at radius 2 is 2.00 bits per heavy atom. The number of hydrogen-bond acceptors (Lipinski definition) is 3. The number of halogens is 1. The monoisotopic (exact) mass is 358 g/mol. The standard InChI is InChI=1S/C20H27FN4O/c1-22-20(23-11-8-19-3-2-14-26-19)24-18-9-12-25(13-10-18)15-16-4-6-17(21)7-5-16/h2-7,14,18H,8-13,15H2,1H3,(H2,22,23,24). The Kier molecular flexibility index (Phi) is 6.66. The SMILES string of the molecule is CN=C(NCCc1ccco1)NC1CCN(Cc2ccc(F)cc2)CC1. The molecule has 1 fully saturated rings. The Morgan fingerprint density at radius 3 is 2.65 bits per heavy atom. The first-order valence-electron chi connectivity index (χ1n) is 9.19. The number of guanidine groups is 1. The van der Waals surface area contributed by atoms with Gasteiger partial charge in [0.2, 0.25) is 0 Å². The van der Waals surface area contributed by atoms with Crippen LogP contribution in [0.2, 0.25) is 0 Å². The van der Waals surface area contributed by atoms with Crippen LogP contribution in [0.15, 0.2) is 52.1 Å². The fraction of sp³-hybridized carbons (Fsp3) is 0.450. The molecule has 0 bridgehead atoms. The van der Waals surface area contributed by atoms with Crippen LogP contribution in [0, 0.1) is 5.82 Å². The zero-order valence-electron chi connectivity index (χ0n) is 15.2. The van der Waals surface area contributed by atoms with Gasteiger partial charge < -0.3 is 15.1 Å². The Balaban J connectivity index is 1.37. The lowest BCUT2D eigenvalue weighted by atomic mass is 10.0. The van der Waals surface area contributed by atoms with Crippen LogP contribution in [-0.4, -0.2) is 43.6 Å². The maximum atomic E-state index is 13.0. The van der Waals surface area contributed by atoms with Crippen LogP contribution in [0.4, 0.5) is 4.39 Å². The lowest BCUT2D eigenvalue weighted by Crippen LogP contribution is -2.48. The fourth-order valence-electron chi connectivity index (χ4n) is 3.23. The van der Waals surface area contributed by atoms with E-state index in [4.69, 9.17) is 4.42 Å². The molecule has 2 aromatic rings. The second-order valence-corrected chi connectivity index (χ2v) is 6.65. The molecule has 140 valence electrons. The molecule has 5 nitrogen and oxygen atoms in total. The van der Waals surface area contributed by atoms with E-state index in [1.54, 1.807) is 13.3 Å². The molecule has 1 aliphatic heterocycles. The first-order chi connectivity index (χ1) is 12.7. The number of aliphatic imine (C=N–C) groups is 1. The van der Waals surface area contributed by atoms with E-state index in [0.717, 1.165) is 62.7 Å². The number of furan rings is 1. The highest BCUT2D eigenvalue weighted by molar-refractivity contribution is 5.79. The minimum absolute atomic E-state index is 0.178. The third-order valence-corrected chi connectivity index (χ3v) is 4.72. The zero-order valence-corrected chi connectivity index (χ0v) is 15.2. The predicted molar refractivity (Wildman–Crippen MR) is 102 cm³/mol. The summed E-state index contributed by atoms with van der Waals surface area (Å²) < 4.78 is 18.3. The molecule has 6 heteroatoms. The number of hydrogen-bond donors (Lipinski definition) is 2. The summed E-state index contributed by atoms with van der Waals surface area (Å²) >= 11 is 0. The summed E-state index contributed by atoms with van der Waals surface area (Å²) in [5, 5.41) is 6.85. The number of nitrogens with one attached hydrogen (secondary N) is 2. The normalized spacial score (nSPS) is 16.6. The van der Waals surface area contributed by atoms with Gasteiger partial charge >= 0.3 is 0 Å². The van der Waals surface area contributed by atoms with Crippen molar-refractivity contribution in [1.82, 2.24) is 15.5 Å². The molecule has 0 spiro atoms. The molecule has 1 aromatic carbocycles. The van der Waals surface area contributed by atoms with Gasteiger partial charge in [0.05, 0.1) is 6.26 Å².